The quantitative estimate of drug-likeness (QED) is 0.494. The molecule has 1 amide bonds. The number of esters is 2. The van der Waals surface area contributed by atoms with Crippen LogP contribution in [-0.2, 0) is 30.0 Å². The van der Waals surface area contributed by atoms with Gasteiger partial charge in [0, 0.05) is 37.3 Å². The minimum Gasteiger partial charge on any atom is -0.466 e. The molecular weight excluding hydrogens is 451 g/mol. The van der Waals surface area contributed by atoms with Crippen molar-refractivity contribution in [3.8, 4) is 0 Å². The molecule has 1 unspecified atom stereocenters. The van der Waals surface area contributed by atoms with Crippen LogP contribution in [0.4, 0.5) is 18.9 Å². The predicted molar refractivity (Wildman–Crippen MR) is 119 cm³/mol. The fourth-order valence-corrected chi connectivity index (χ4v) is 5.11. The molecule has 6 nitrogen and oxygen atoms in total. The number of alkyl halides is 3. The first kappa shape index (κ1) is 26.0. The van der Waals surface area contributed by atoms with Crippen LogP contribution in [0.15, 0.2) is 18.2 Å². The van der Waals surface area contributed by atoms with E-state index in [0.717, 1.165) is 25.0 Å². The molecule has 2 aliphatic rings. The maximum atomic E-state index is 13.6. The number of rotatable bonds is 6. The third-order valence-corrected chi connectivity index (χ3v) is 6.79. The van der Waals surface area contributed by atoms with E-state index in [-0.39, 0.29) is 41.7 Å². The zero-order valence-electron chi connectivity index (χ0n) is 19.8. The summed E-state index contributed by atoms with van der Waals surface area (Å²) in [6.45, 7) is 5.23. The normalized spacial score (nSPS) is 24.8. The molecular formula is C25H32F3NO5. The summed E-state index contributed by atoms with van der Waals surface area (Å²) in [4.78, 5) is 38.7. The van der Waals surface area contributed by atoms with Crippen LogP contribution in [0.1, 0.15) is 82.9 Å². The van der Waals surface area contributed by atoms with E-state index in [1.807, 2.05) is 6.92 Å². The predicted octanol–water partition coefficient (Wildman–Crippen LogP) is 5.58. The number of nitrogens with zero attached hydrogens (tertiary/aromatic N) is 1. The summed E-state index contributed by atoms with van der Waals surface area (Å²) in [5.41, 5.74) is -0.264. The van der Waals surface area contributed by atoms with Gasteiger partial charge in [-0.15, -0.1) is 0 Å². The lowest BCUT2D eigenvalue weighted by Crippen LogP contribution is -2.48. The number of anilines is 1. The van der Waals surface area contributed by atoms with Crippen LogP contribution in [0.25, 0.3) is 0 Å². The number of ether oxygens (including phenoxy) is 2. The van der Waals surface area contributed by atoms with Gasteiger partial charge in [0.2, 0.25) is 5.91 Å². The molecule has 34 heavy (non-hydrogen) atoms. The van der Waals surface area contributed by atoms with Crippen LogP contribution in [0.2, 0.25) is 0 Å². The third-order valence-electron chi connectivity index (χ3n) is 6.79. The zero-order valence-corrected chi connectivity index (χ0v) is 19.8. The maximum Gasteiger partial charge on any atom is 0.416 e. The highest BCUT2D eigenvalue weighted by Crippen LogP contribution is 2.44. The SMILES string of the molecule is CCOC(=O)CC1CCC(C(=O)N2c3ccc(C(F)(F)F)cc3C(OC(C)=O)C[C@H]2CC)CC1. The molecule has 1 aliphatic heterocycles. The van der Waals surface area contributed by atoms with E-state index in [4.69, 9.17) is 9.47 Å². The Hall–Kier alpha value is -2.58. The molecule has 1 saturated carbocycles. The Morgan fingerprint density at radius 1 is 1.09 bits per heavy atom. The Morgan fingerprint density at radius 3 is 2.32 bits per heavy atom. The first-order valence-corrected chi connectivity index (χ1v) is 11.9. The highest BCUT2D eigenvalue weighted by atomic mass is 19.4. The molecule has 9 heteroatoms. The summed E-state index contributed by atoms with van der Waals surface area (Å²) in [5.74, 6) is -1.04. The zero-order chi connectivity index (χ0) is 25.0. The Bertz CT molecular complexity index is 908. The van der Waals surface area contributed by atoms with Crippen LogP contribution in [0.5, 0.6) is 0 Å². The van der Waals surface area contributed by atoms with Gasteiger partial charge in [-0.05, 0) is 63.1 Å². The van der Waals surface area contributed by atoms with Crippen LogP contribution < -0.4 is 4.90 Å². The minimum atomic E-state index is -4.55. The van der Waals surface area contributed by atoms with E-state index in [0.29, 0.717) is 38.0 Å². The van der Waals surface area contributed by atoms with Crippen LogP contribution in [0, 0.1) is 11.8 Å². The van der Waals surface area contributed by atoms with Crippen LogP contribution >= 0.6 is 0 Å². The van der Waals surface area contributed by atoms with Gasteiger partial charge < -0.3 is 14.4 Å². The smallest absolute Gasteiger partial charge is 0.416 e. The van der Waals surface area contributed by atoms with E-state index < -0.39 is 23.8 Å². The van der Waals surface area contributed by atoms with Crippen molar-refractivity contribution in [1.82, 2.24) is 0 Å². The monoisotopic (exact) mass is 483 g/mol. The summed E-state index contributed by atoms with van der Waals surface area (Å²) in [6.07, 6.45) is -1.59. The molecule has 1 aromatic carbocycles. The van der Waals surface area contributed by atoms with Crippen molar-refractivity contribution >= 4 is 23.5 Å². The van der Waals surface area contributed by atoms with E-state index in [9.17, 15) is 27.6 Å². The molecule has 0 N–H and O–H groups in total. The van der Waals surface area contributed by atoms with E-state index >= 15 is 0 Å². The fourth-order valence-electron chi connectivity index (χ4n) is 5.11. The number of benzene rings is 1. The number of amides is 1. The van der Waals surface area contributed by atoms with E-state index in [1.165, 1.54) is 13.0 Å². The first-order valence-electron chi connectivity index (χ1n) is 11.9. The Balaban J connectivity index is 1.85. The Morgan fingerprint density at radius 2 is 1.76 bits per heavy atom. The summed E-state index contributed by atoms with van der Waals surface area (Å²) < 4.78 is 50.6. The van der Waals surface area contributed by atoms with Gasteiger partial charge in [0.1, 0.15) is 6.10 Å². The van der Waals surface area contributed by atoms with Gasteiger partial charge in [0.15, 0.2) is 0 Å². The Kier molecular flexibility index (Phi) is 8.25. The molecule has 1 aromatic rings. The van der Waals surface area contributed by atoms with Crippen molar-refractivity contribution in [2.75, 3.05) is 11.5 Å². The second-order valence-corrected chi connectivity index (χ2v) is 9.10. The topological polar surface area (TPSA) is 72.9 Å². The molecule has 0 saturated heterocycles. The number of halogens is 3. The number of hydrogen-bond donors (Lipinski definition) is 0. The fraction of sp³-hybridized carbons (Fsp3) is 0.640. The molecule has 0 radical (unpaired) electrons. The van der Waals surface area contributed by atoms with Gasteiger partial charge in [-0.25, -0.2) is 0 Å². The van der Waals surface area contributed by atoms with Gasteiger partial charge in [-0.3, -0.25) is 14.4 Å². The number of hydrogen-bond acceptors (Lipinski definition) is 5. The number of carbonyl (C=O) groups is 3. The number of fused-ring (bicyclic) bond motifs is 1. The number of carbonyl (C=O) groups excluding carboxylic acids is 3. The molecule has 1 fully saturated rings. The summed E-state index contributed by atoms with van der Waals surface area (Å²) in [7, 11) is 0. The molecule has 2 atom stereocenters. The molecule has 0 aromatic heterocycles. The lowest BCUT2D eigenvalue weighted by molar-refractivity contribution is -0.147. The van der Waals surface area contributed by atoms with E-state index in [2.05, 4.69) is 0 Å². The highest BCUT2D eigenvalue weighted by molar-refractivity contribution is 5.97. The van der Waals surface area contributed by atoms with Gasteiger partial charge in [0.05, 0.1) is 17.9 Å². The van der Waals surface area contributed by atoms with Gasteiger partial charge in [-0.2, -0.15) is 13.2 Å². The molecule has 1 heterocycles. The second-order valence-electron chi connectivity index (χ2n) is 9.10. The summed E-state index contributed by atoms with van der Waals surface area (Å²) in [6, 6.07) is 2.99. The molecule has 1 aliphatic carbocycles. The average molecular weight is 484 g/mol. The maximum absolute atomic E-state index is 13.6. The highest BCUT2D eigenvalue weighted by Gasteiger charge is 2.41. The molecule has 0 spiro atoms. The lowest BCUT2D eigenvalue weighted by atomic mass is 9.79. The standard InChI is InChI=1S/C25H32F3NO5/c1-4-19-14-22(34-15(3)30)20-13-18(25(26,27)28)10-11-21(20)29(19)24(32)17-8-6-16(7-9-17)12-23(31)33-5-2/h10-11,13,16-17,19,22H,4-9,12,14H2,1-3H3/t16?,17?,19-,22?/m1/s1. The largest absolute Gasteiger partial charge is 0.466 e. The van der Waals surface area contributed by atoms with Crippen molar-refractivity contribution in [3.05, 3.63) is 29.3 Å². The Labute approximate surface area is 197 Å². The van der Waals surface area contributed by atoms with Crippen LogP contribution in [-0.4, -0.2) is 30.5 Å². The lowest BCUT2D eigenvalue weighted by Gasteiger charge is -2.42. The van der Waals surface area contributed by atoms with Crippen molar-refractivity contribution in [1.29, 1.82) is 0 Å². The van der Waals surface area contributed by atoms with Crippen molar-refractivity contribution < 1.29 is 37.0 Å². The van der Waals surface area contributed by atoms with Gasteiger partial charge >= 0.3 is 18.1 Å². The second kappa shape index (κ2) is 10.8. The van der Waals surface area contributed by atoms with E-state index in [1.54, 1.807) is 11.8 Å². The van der Waals surface area contributed by atoms with Crippen molar-refractivity contribution in [2.24, 2.45) is 11.8 Å². The summed E-state index contributed by atoms with van der Waals surface area (Å²) in [5, 5.41) is 0. The first-order chi connectivity index (χ1) is 16.0. The van der Waals surface area contributed by atoms with Gasteiger partial charge in [0.25, 0.3) is 0 Å². The van der Waals surface area contributed by atoms with Gasteiger partial charge in [-0.1, -0.05) is 6.92 Å². The average Bonchev–Trinajstić information content (AvgIpc) is 2.77. The molecule has 0 bridgehead atoms. The van der Waals surface area contributed by atoms with Crippen LogP contribution in [0.3, 0.4) is 0 Å². The molecule has 188 valence electrons. The minimum absolute atomic E-state index is 0.122. The van der Waals surface area contributed by atoms with Crippen molar-refractivity contribution in [3.63, 3.8) is 0 Å². The molecule has 3 rings (SSSR count). The summed E-state index contributed by atoms with van der Waals surface area (Å²) >= 11 is 0. The third kappa shape index (κ3) is 5.91. The van der Waals surface area contributed by atoms with Crippen molar-refractivity contribution in [2.45, 2.75) is 84.0 Å².